The van der Waals surface area contributed by atoms with E-state index in [1.54, 1.807) is 17.2 Å². The van der Waals surface area contributed by atoms with Gasteiger partial charge in [-0.2, -0.15) is 5.10 Å². The molecule has 9 heteroatoms. The average molecular weight is 385 g/mol. The second-order valence-electron chi connectivity index (χ2n) is 5.99. The van der Waals surface area contributed by atoms with E-state index in [4.69, 9.17) is 22.1 Å². The number of carbonyl (C=O) groups is 1. The number of aryl methyl sites for hydroxylation is 1. The van der Waals surface area contributed by atoms with E-state index in [9.17, 15) is 4.79 Å². The Morgan fingerprint density at radius 2 is 2.19 bits per heavy atom. The van der Waals surface area contributed by atoms with Crippen molar-refractivity contribution in [2.24, 2.45) is 0 Å². The van der Waals surface area contributed by atoms with Gasteiger partial charge in [-0.25, -0.2) is 9.97 Å². The zero-order valence-corrected chi connectivity index (χ0v) is 15.3. The van der Waals surface area contributed by atoms with E-state index in [1.807, 2.05) is 29.9 Å². The van der Waals surface area contributed by atoms with Crippen molar-refractivity contribution in [1.82, 2.24) is 19.7 Å². The summed E-state index contributed by atoms with van der Waals surface area (Å²) in [6, 6.07) is 5.47. The Balaban J connectivity index is 1.70. The molecule has 2 N–H and O–H groups in total. The van der Waals surface area contributed by atoms with Crippen LogP contribution < -0.4 is 15.4 Å². The van der Waals surface area contributed by atoms with Crippen LogP contribution in [0.2, 0.25) is 5.02 Å². The van der Waals surface area contributed by atoms with Crippen molar-refractivity contribution < 1.29 is 9.53 Å². The zero-order valence-electron chi connectivity index (χ0n) is 14.6. The van der Waals surface area contributed by atoms with E-state index in [0.717, 1.165) is 17.7 Å². The molecule has 0 atom stereocenters. The Labute approximate surface area is 160 Å². The summed E-state index contributed by atoms with van der Waals surface area (Å²) in [6.45, 7) is 3.43. The first kappa shape index (κ1) is 17.3. The van der Waals surface area contributed by atoms with Gasteiger partial charge < -0.3 is 15.4 Å². The molecule has 0 aliphatic carbocycles. The number of aromatic nitrogens is 4. The van der Waals surface area contributed by atoms with E-state index >= 15 is 0 Å². The first-order valence-electron chi connectivity index (χ1n) is 8.46. The lowest BCUT2D eigenvalue weighted by atomic mass is 10.1. The number of anilines is 2. The van der Waals surface area contributed by atoms with Crippen LogP contribution in [0.3, 0.4) is 0 Å². The second kappa shape index (κ2) is 6.88. The van der Waals surface area contributed by atoms with Crippen LogP contribution in [0, 0.1) is 0 Å². The lowest BCUT2D eigenvalue weighted by Crippen LogP contribution is -2.32. The summed E-state index contributed by atoms with van der Waals surface area (Å²) in [5, 5.41) is 4.80. The molecule has 0 fully saturated rings. The normalized spacial score (nSPS) is 13.9. The van der Waals surface area contributed by atoms with Crippen molar-refractivity contribution in [2.45, 2.75) is 13.5 Å². The summed E-state index contributed by atoms with van der Waals surface area (Å²) in [7, 11) is 0. The molecule has 1 aliphatic heterocycles. The second-order valence-corrected chi connectivity index (χ2v) is 6.40. The number of halogens is 1. The van der Waals surface area contributed by atoms with Gasteiger partial charge in [0.2, 0.25) is 5.88 Å². The molecule has 1 amide bonds. The molecule has 0 radical (unpaired) electrons. The minimum atomic E-state index is -0.316. The van der Waals surface area contributed by atoms with Gasteiger partial charge in [-0.05, 0) is 19.1 Å². The first-order valence-corrected chi connectivity index (χ1v) is 8.83. The summed E-state index contributed by atoms with van der Waals surface area (Å²) < 4.78 is 7.38. The number of amides is 1. The van der Waals surface area contributed by atoms with Crippen molar-refractivity contribution in [2.75, 3.05) is 23.8 Å². The van der Waals surface area contributed by atoms with Crippen molar-refractivity contribution in [3.63, 3.8) is 0 Å². The minimum Gasteiger partial charge on any atom is -0.475 e. The predicted octanol–water partition coefficient (Wildman–Crippen LogP) is 2.63. The van der Waals surface area contributed by atoms with Gasteiger partial charge in [0.05, 0.1) is 17.8 Å². The largest absolute Gasteiger partial charge is 0.475 e. The molecular weight excluding hydrogens is 368 g/mol. The number of ether oxygens (including phenoxy) is 1. The number of benzene rings is 1. The topological polar surface area (TPSA) is 99.2 Å². The summed E-state index contributed by atoms with van der Waals surface area (Å²) in [5.41, 5.74) is 8.46. The Hall–Kier alpha value is -3.13. The van der Waals surface area contributed by atoms with Crippen LogP contribution in [0.15, 0.2) is 36.9 Å². The molecule has 2 aromatic heterocycles. The highest BCUT2D eigenvalue weighted by Gasteiger charge is 2.29. The number of rotatable bonds is 3. The van der Waals surface area contributed by atoms with Gasteiger partial charge >= 0.3 is 0 Å². The summed E-state index contributed by atoms with van der Waals surface area (Å²) in [4.78, 5) is 22.5. The fraction of sp³-hybridized carbons (Fsp3) is 0.222. The third kappa shape index (κ3) is 3.08. The number of fused-ring (bicyclic) bond motifs is 1. The molecule has 3 heterocycles. The number of carbonyl (C=O) groups excluding carboxylic acids is 1. The molecule has 1 aromatic carbocycles. The number of hydrogen-bond acceptors (Lipinski definition) is 6. The van der Waals surface area contributed by atoms with Crippen molar-refractivity contribution in [1.29, 1.82) is 0 Å². The molecular formula is C18H17ClN6O2. The van der Waals surface area contributed by atoms with Crippen LogP contribution in [0.5, 0.6) is 5.88 Å². The Bertz CT molecular complexity index is 1020. The number of nitrogens with zero attached hydrogens (tertiary/aromatic N) is 5. The lowest BCUT2D eigenvalue weighted by molar-refractivity contribution is 0.0990. The molecule has 8 nitrogen and oxygen atoms in total. The van der Waals surface area contributed by atoms with E-state index in [1.165, 1.54) is 6.33 Å². The third-order valence-electron chi connectivity index (χ3n) is 4.39. The molecule has 138 valence electrons. The highest BCUT2D eigenvalue weighted by Crippen LogP contribution is 2.33. The van der Waals surface area contributed by atoms with E-state index in [-0.39, 0.29) is 29.8 Å². The van der Waals surface area contributed by atoms with Crippen molar-refractivity contribution in [3.8, 4) is 17.0 Å². The number of nitrogen functional groups attached to an aromatic ring is 1. The predicted molar refractivity (Wildman–Crippen MR) is 102 cm³/mol. The van der Waals surface area contributed by atoms with Gasteiger partial charge in [-0.3, -0.25) is 9.48 Å². The van der Waals surface area contributed by atoms with Gasteiger partial charge in [0.15, 0.2) is 0 Å². The summed E-state index contributed by atoms with van der Waals surface area (Å²) in [6.07, 6.45) is 4.98. The quantitative estimate of drug-likeness (QED) is 0.745. The standard InChI is InChI=1S/C18H17ClN6O2/c1-2-24-9-11(8-23-24)13-4-3-12(7-14(13)19)25-5-6-27-17-15(18(25)26)16(20)21-10-22-17/h3-4,7-10H,2,5-6H2,1H3,(H2,20,21,22). The molecule has 0 spiro atoms. The summed E-state index contributed by atoms with van der Waals surface area (Å²) >= 11 is 6.50. The van der Waals surface area contributed by atoms with E-state index in [0.29, 0.717) is 17.3 Å². The zero-order chi connectivity index (χ0) is 19.0. The highest BCUT2D eigenvalue weighted by molar-refractivity contribution is 6.33. The van der Waals surface area contributed by atoms with Crippen LogP contribution in [-0.4, -0.2) is 38.8 Å². The molecule has 0 saturated carbocycles. The molecule has 27 heavy (non-hydrogen) atoms. The van der Waals surface area contributed by atoms with Gasteiger partial charge in [-0.1, -0.05) is 17.7 Å². The Morgan fingerprint density at radius 3 is 2.93 bits per heavy atom. The maximum absolute atomic E-state index is 13.0. The fourth-order valence-corrected chi connectivity index (χ4v) is 3.27. The third-order valence-corrected chi connectivity index (χ3v) is 4.70. The first-order chi connectivity index (χ1) is 13.1. The van der Waals surface area contributed by atoms with Crippen molar-refractivity contribution in [3.05, 3.63) is 47.5 Å². The van der Waals surface area contributed by atoms with Crippen molar-refractivity contribution >= 4 is 29.0 Å². The van der Waals surface area contributed by atoms with Gasteiger partial charge in [0, 0.05) is 29.6 Å². The number of nitrogens with two attached hydrogens (primary N) is 1. The van der Waals surface area contributed by atoms with Crippen LogP contribution in [0.4, 0.5) is 11.5 Å². The van der Waals surface area contributed by atoms with E-state index < -0.39 is 0 Å². The molecule has 0 bridgehead atoms. The molecule has 0 saturated heterocycles. The average Bonchev–Trinajstić information content (AvgIpc) is 3.06. The van der Waals surface area contributed by atoms with Gasteiger partial charge in [0.1, 0.15) is 24.3 Å². The van der Waals surface area contributed by atoms with Crippen LogP contribution >= 0.6 is 11.6 Å². The van der Waals surface area contributed by atoms with Crippen LogP contribution in [0.25, 0.3) is 11.1 Å². The smallest absolute Gasteiger partial charge is 0.267 e. The Kier molecular flexibility index (Phi) is 4.41. The lowest BCUT2D eigenvalue weighted by Gasteiger charge is -2.21. The van der Waals surface area contributed by atoms with Gasteiger partial charge in [-0.15, -0.1) is 0 Å². The minimum absolute atomic E-state index is 0.0894. The highest BCUT2D eigenvalue weighted by atomic mass is 35.5. The fourth-order valence-electron chi connectivity index (χ4n) is 2.99. The molecule has 4 rings (SSSR count). The maximum atomic E-state index is 13.0. The monoisotopic (exact) mass is 384 g/mol. The SMILES string of the molecule is CCn1cc(-c2ccc(N3CCOc4ncnc(N)c4C3=O)cc2Cl)cn1. The number of hydrogen-bond donors (Lipinski definition) is 1. The van der Waals surface area contributed by atoms with Gasteiger partial charge in [0.25, 0.3) is 5.91 Å². The molecule has 0 unspecified atom stereocenters. The van der Waals surface area contributed by atoms with E-state index in [2.05, 4.69) is 15.1 Å². The molecule has 1 aliphatic rings. The molecule has 3 aromatic rings. The Morgan fingerprint density at radius 1 is 1.33 bits per heavy atom. The van der Waals surface area contributed by atoms with Crippen LogP contribution in [-0.2, 0) is 6.54 Å². The summed E-state index contributed by atoms with van der Waals surface area (Å²) in [5.74, 6) is -0.0282. The maximum Gasteiger partial charge on any atom is 0.267 e. The van der Waals surface area contributed by atoms with Crippen LogP contribution in [0.1, 0.15) is 17.3 Å².